The molecule has 0 radical (unpaired) electrons. The molecule has 2 rings (SSSR count). The van der Waals surface area contributed by atoms with Gasteiger partial charge in [-0.2, -0.15) is 13.2 Å². The number of nitrogens with zero attached hydrogens (tertiary/aromatic N) is 1. The number of carbonyl (C=O) groups excluding carboxylic acids is 1. The zero-order valence-electron chi connectivity index (χ0n) is 11.3. The second kappa shape index (κ2) is 6.16. The standard InChI is InChI=1S/C14H13ClF3NO3/c15-9-3-1-8(2-4-9)11-7-19(13(22)14(16,17)18)6-5-10(11)12(20)21/h1-4,10-11H,5-7H2,(H,20,21). The maximum Gasteiger partial charge on any atom is 0.471 e. The van der Waals surface area contributed by atoms with Crippen molar-refractivity contribution >= 4 is 23.5 Å². The minimum atomic E-state index is -4.96. The van der Waals surface area contributed by atoms with Crippen LogP contribution in [0, 0.1) is 5.92 Å². The van der Waals surface area contributed by atoms with Crippen LogP contribution in [-0.4, -0.2) is 41.1 Å². The average molecular weight is 336 g/mol. The van der Waals surface area contributed by atoms with Crippen LogP contribution in [0.1, 0.15) is 17.9 Å². The van der Waals surface area contributed by atoms with Crippen LogP contribution in [-0.2, 0) is 9.59 Å². The molecule has 0 aromatic heterocycles. The van der Waals surface area contributed by atoms with Crippen molar-refractivity contribution in [2.45, 2.75) is 18.5 Å². The molecule has 1 amide bonds. The number of aliphatic carboxylic acids is 1. The topological polar surface area (TPSA) is 57.6 Å². The molecule has 1 aromatic carbocycles. The second-order valence-corrected chi connectivity index (χ2v) is 5.58. The monoisotopic (exact) mass is 335 g/mol. The molecule has 1 fully saturated rings. The summed E-state index contributed by atoms with van der Waals surface area (Å²) in [5, 5.41) is 9.70. The Morgan fingerprint density at radius 2 is 1.82 bits per heavy atom. The van der Waals surface area contributed by atoms with Crippen LogP contribution in [0.15, 0.2) is 24.3 Å². The van der Waals surface area contributed by atoms with Gasteiger partial charge in [0.2, 0.25) is 0 Å². The normalized spacial score (nSPS) is 22.5. The Hall–Kier alpha value is -1.76. The van der Waals surface area contributed by atoms with Gasteiger partial charge in [-0.1, -0.05) is 23.7 Å². The van der Waals surface area contributed by atoms with E-state index in [2.05, 4.69) is 0 Å². The third kappa shape index (κ3) is 3.52. The summed E-state index contributed by atoms with van der Waals surface area (Å²) in [5.74, 6) is -4.55. The number of carboxylic acid groups (broad SMARTS) is 1. The fourth-order valence-electron chi connectivity index (χ4n) is 2.66. The van der Waals surface area contributed by atoms with Gasteiger partial charge in [0, 0.05) is 24.0 Å². The van der Waals surface area contributed by atoms with Crippen molar-refractivity contribution in [2.75, 3.05) is 13.1 Å². The van der Waals surface area contributed by atoms with Gasteiger partial charge in [0.1, 0.15) is 0 Å². The number of carboxylic acids is 1. The first-order valence-corrected chi connectivity index (χ1v) is 6.92. The van der Waals surface area contributed by atoms with Crippen molar-refractivity contribution in [3.8, 4) is 0 Å². The van der Waals surface area contributed by atoms with E-state index in [4.69, 9.17) is 11.6 Å². The van der Waals surface area contributed by atoms with Crippen molar-refractivity contribution in [3.05, 3.63) is 34.9 Å². The average Bonchev–Trinajstić information content (AvgIpc) is 2.45. The third-order valence-electron chi connectivity index (χ3n) is 3.76. The van der Waals surface area contributed by atoms with E-state index in [0.717, 1.165) is 0 Å². The number of benzene rings is 1. The molecule has 2 unspecified atom stereocenters. The number of likely N-dealkylation sites (tertiary alicyclic amines) is 1. The number of halogens is 4. The maximum atomic E-state index is 12.5. The molecule has 1 aliphatic rings. The zero-order chi connectivity index (χ0) is 16.5. The van der Waals surface area contributed by atoms with Crippen LogP contribution >= 0.6 is 11.6 Å². The van der Waals surface area contributed by atoms with Crippen LogP contribution in [0.2, 0.25) is 5.02 Å². The third-order valence-corrected chi connectivity index (χ3v) is 4.01. The van der Waals surface area contributed by atoms with E-state index < -0.39 is 29.9 Å². The van der Waals surface area contributed by atoms with Gasteiger partial charge in [-0.3, -0.25) is 9.59 Å². The second-order valence-electron chi connectivity index (χ2n) is 5.14. The predicted octanol–water partition coefficient (Wildman–Crippen LogP) is 2.92. The van der Waals surface area contributed by atoms with Crippen molar-refractivity contribution in [3.63, 3.8) is 0 Å². The zero-order valence-corrected chi connectivity index (χ0v) is 12.1. The highest BCUT2D eigenvalue weighted by Gasteiger charge is 2.46. The minimum absolute atomic E-state index is 0.0234. The minimum Gasteiger partial charge on any atom is -0.481 e. The summed E-state index contributed by atoms with van der Waals surface area (Å²) in [6.07, 6.45) is -4.98. The molecule has 0 bridgehead atoms. The number of piperidine rings is 1. The number of hydrogen-bond acceptors (Lipinski definition) is 2. The summed E-state index contributed by atoms with van der Waals surface area (Å²) < 4.78 is 37.6. The molecule has 1 heterocycles. The summed E-state index contributed by atoms with van der Waals surface area (Å²) in [5.41, 5.74) is 0.552. The van der Waals surface area contributed by atoms with Crippen molar-refractivity contribution in [2.24, 2.45) is 5.92 Å². The lowest BCUT2D eigenvalue weighted by atomic mass is 9.80. The Labute approximate surface area is 129 Å². The predicted molar refractivity (Wildman–Crippen MR) is 72.6 cm³/mol. The number of alkyl halides is 3. The maximum absolute atomic E-state index is 12.5. The van der Waals surface area contributed by atoms with E-state index >= 15 is 0 Å². The number of amides is 1. The van der Waals surface area contributed by atoms with Crippen LogP contribution < -0.4 is 0 Å². The molecule has 22 heavy (non-hydrogen) atoms. The Morgan fingerprint density at radius 3 is 2.32 bits per heavy atom. The first-order valence-electron chi connectivity index (χ1n) is 6.54. The lowest BCUT2D eigenvalue weighted by Gasteiger charge is -2.37. The molecule has 1 saturated heterocycles. The van der Waals surface area contributed by atoms with Gasteiger partial charge in [-0.15, -0.1) is 0 Å². The van der Waals surface area contributed by atoms with E-state index in [1.807, 2.05) is 0 Å². The Morgan fingerprint density at radius 1 is 1.23 bits per heavy atom. The Balaban J connectivity index is 2.27. The largest absolute Gasteiger partial charge is 0.481 e. The lowest BCUT2D eigenvalue weighted by molar-refractivity contribution is -0.187. The van der Waals surface area contributed by atoms with Crippen molar-refractivity contribution in [1.82, 2.24) is 4.90 Å². The van der Waals surface area contributed by atoms with Crippen LogP contribution in [0.25, 0.3) is 0 Å². The summed E-state index contributed by atoms with van der Waals surface area (Å²) in [7, 11) is 0. The van der Waals surface area contributed by atoms with Crippen LogP contribution in [0.5, 0.6) is 0 Å². The van der Waals surface area contributed by atoms with Gasteiger partial charge in [-0.05, 0) is 24.1 Å². The highest BCUT2D eigenvalue weighted by Crippen LogP contribution is 2.34. The molecule has 0 aliphatic carbocycles. The fourth-order valence-corrected chi connectivity index (χ4v) is 2.79. The number of rotatable bonds is 2. The van der Waals surface area contributed by atoms with E-state index in [1.54, 1.807) is 24.3 Å². The first kappa shape index (κ1) is 16.6. The molecule has 1 aromatic rings. The molecule has 1 N–H and O–H groups in total. The molecule has 1 aliphatic heterocycles. The van der Waals surface area contributed by atoms with Crippen molar-refractivity contribution in [1.29, 1.82) is 0 Å². The van der Waals surface area contributed by atoms with E-state index in [-0.39, 0.29) is 19.5 Å². The summed E-state index contributed by atoms with van der Waals surface area (Å²) in [4.78, 5) is 23.4. The molecular weight excluding hydrogens is 323 g/mol. The number of carbonyl (C=O) groups is 2. The summed E-state index contributed by atoms with van der Waals surface area (Å²) >= 11 is 5.76. The fraction of sp³-hybridized carbons (Fsp3) is 0.429. The van der Waals surface area contributed by atoms with E-state index in [9.17, 15) is 27.9 Å². The highest BCUT2D eigenvalue weighted by atomic mass is 35.5. The van der Waals surface area contributed by atoms with Crippen molar-refractivity contribution < 1.29 is 27.9 Å². The van der Waals surface area contributed by atoms with Gasteiger partial charge < -0.3 is 10.0 Å². The quantitative estimate of drug-likeness (QED) is 0.904. The van der Waals surface area contributed by atoms with Gasteiger partial charge in [0.15, 0.2) is 0 Å². The van der Waals surface area contributed by atoms with Crippen LogP contribution in [0.4, 0.5) is 13.2 Å². The lowest BCUT2D eigenvalue weighted by Crippen LogP contribution is -2.49. The molecule has 0 saturated carbocycles. The summed E-state index contributed by atoms with van der Waals surface area (Å²) in [6.45, 7) is -0.504. The molecular formula is C14H13ClF3NO3. The highest BCUT2D eigenvalue weighted by molar-refractivity contribution is 6.30. The van der Waals surface area contributed by atoms with E-state index in [0.29, 0.717) is 15.5 Å². The van der Waals surface area contributed by atoms with Gasteiger partial charge in [0.05, 0.1) is 5.92 Å². The molecule has 4 nitrogen and oxygen atoms in total. The Bertz CT molecular complexity index is 574. The molecule has 120 valence electrons. The van der Waals surface area contributed by atoms with Crippen LogP contribution in [0.3, 0.4) is 0 Å². The van der Waals surface area contributed by atoms with Gasteiger partial charge >= 0.3 is 18.1 Å². The number of hydrogen-bond donors (Lipinski definition) is 1. The van der Waals surface area contributed by atoms with E-state index in [1.165, 1.54) is 0 Å². The smallest absolute Gasteiger partial charge is 0.471 e. The molecule has 8 heteroatoms. The van der Waals surface area contributed by atoms with Gasteiger partial charge in [0.25, 0.3) is 0 Å². The molecule has 0 spiro atoms. The summed E-state index contributed by atoms with van der Waals surface area (Å²) in [6, 6.07) is 6.23. The first-order chi connectivity index (χ1) is 10.2. The van der Waals surface area contributed by atoms with Gasteiger partial charge in [-0.25, -0.2) is 0 Å². The SMILES string of the molecule is O=C(O)C1CCN(C(=O)C(F)(F)F)CC1c1ccc(Cl)cc1. The Kier molecular flexibility index (Phi) is 4.65. The molecule has 2 atom stereocenters.